The van der Waals surface area contributed by atoms with E-state index in [1.807, 2.05) is 62.4 Å². The molecular formula is C26H29N3O4. The van der Waals surface area contributed by atoms with Gasteiger partial charge in [0.15, 0.2) is 6.10 Å². The van der Waals surface area contributed by atoms with Crippen molar-refractivity contribution >= 4 is 34.2 Å². The lowest BCUT2D eigenvalue weighted by Gasteiger charge is -2.28. The molecule has 1 N–H and O–H groups in total. The molecule has 1 atom stereocenters. The molecule has 1 amide bonds. The second-order valence-corrected chi connectivity index (χ2v) is 8.11. The van der Waals surface area contributed by atoms with Crippen LogP contribution in [0.2, 0.25) is 0 Å². The lowest BCUT2D eigenvalue weighted by atomic mass is 10.0. The first-order valence-electron chi connectivity index (χ1n) is 11.3. The van der Waals surface area contributed by atoms with Crippen LogP contribution >= 0.6 is 0 Å². The van der Waals surface area contributed by atoms with E-state index in [4.69, 9.17) is 9.47 Å². The number of morpholine rings is 1. The Morgan fingerprint density at radius 1 is 1.12 bits per heavy atom. The van der Waals surface area contributed by atoms with Crippen LogP contribution in [-0.2, 0) is 20.7 Å². The van der Waals surface area contributed by atoms with Crippen molar-refractivity contribution in [3.8, 4) is 0 Å². The van der Waals surface area contributed by atoms with E-state index in [2.05, 4.69) is 15.2 Å². The maximum Gasteiger partial charge on any atom is 0.339 e. The van der Waals surface area contributed by atoms with Crippen molar-refractivity contribution in [3.63, 3.8) is 0 Å². The Bertz CT molecular complexity index is 1150. The number of para-hydroxylation sites is 1. The quantitative estimate of drug-likeness (QED) is 0.573. The summed E-state index contributed by atoms with van der Waals surface area (Å²) in [6.45, 7) is 8.58. The summed E-state index contributed by atoms with van der Waals surface area (Å²) < 4.78 is 11.0. The lowest BCUT2D eigenvalue weighted by molar-refractivity contribution is -0.123. The number of anilines is 2. The second kappa shape index (κ2) is 10.0. The molecule has 172 valence electrons. The smallest absolute Gasteiger partial charge is 0.339 e. The molecule has 1 saturated heterocycles. The number of fused-ring (bicyclic) bond motifs is 1. The molecule has 4 rings (SSSR count). The Labute approximate surface area is 193 Å². The topological polar surface area (TPSA) is 80.8 Å². The Morgan fingerprint density at radius 2 is 1.82 bits per heavy atom. The van der Waals surface area contributed by atoms with Gasteiger partial charge in [0.05, 0.1) is 24.3 Å². The van der Waals surface area contributed by atoms with Gasteiger partial charge < -0.3 is 19.7 Å². The van der Waals surface area contributed by atoms with Crippen LogP contribution < -0.4 is 10.2 Å². The van der Waals surface area contributed by atoms with E-state index in [0.29, 0.717) is 30.9 Å². The number of aryl methyl sites for hydroxylation is 1. The molecule has 1 fully saturated rings. The molecule has 7 heteroatoms. The fraction of sp³-hybridized carbons (Fsp3) is 0.346. The van der Waals surface area contributed by atoms with Crippen LogP contribution in [0.15, 0.2) is 48.5 Å². The summed E-state index contributed by atoms with van der Waals surface area (Å²) in [5.41, 5.74) is 4.57. The number of esters is 1. The minimum Gasteiger partial charge on any atom is -0.449 e. The second-order valence-electron chi connectivity index (χ2n) is 8.11. The van der Waals surface area contributed by atoms with Gasteiger partial charge in [0.25, 0.3) is 5.91 Å². The van der Waals surface area contributed by atoms with E-state index in [0.717, 1.165) is 40.9 Å². The summed E-state index contributed by atoms with van der Waals surface area (Å²) in [4.78, 5) is 32.7. The third kappa shape index (κ3) is 4.98. The third-order valence-corrected chi connectivity index (χ3v) is 5.94. The van der Waals surface area contributed by atoms with E-state index >= 15 is 0 Å². The molecule has 2 aromatic carbocycles. The zero-order valence-corrected chi connectivity index (χ0v) is 19.3. The molecule has 1 aromatic heterocycles. The number of ether oxygens (including phenoxy) is 2. The Kier molecular flexibility index (Phi) is 6.89. The molecule has 7 nitrogen and oxygen atoms in total. The van der Waals surface area contributed by atoms with Crippen LogP contribution in [0.1, 0.15) is 35.5 Å². The summed E-state index contributed by atoms with van der Waals surface area (Å²) in [5.74, 6) is -0.902. The first-order valence-corrected chi connectivity index (χ1v) is 11.3. The number of nitrogens with zero attached hydrogens (tertiary/aromatic N) is 2. The molecule has 33 heavy (non-hydrogen) atoms. The van der Waals surface area contributed by atoms with Crippen molar-refractivity contribution in [2.45, 2.75) is 33.3 Å². The van der Waals surface area contributed by atoms with Crippen LogP contribution in [-0.4, -0.2) is 49.3 Å². The molecular weight excluding hydrogens is 418 g/mol. The average Bonchev–Trinajstić information content (AvgIpc) is 2.84. The van der Waals surface area contributed by atoms with Crippen molar-refractivity contribution in [1.82, 2.24) is 4.98 Å². The number of rotatable bonds is 6. The molecule has 2 heterocycles. The van der Waals surface area contributed by atoms with E-state index < -0.39 is 12.1 Å². The van der Waals surface area contributed by atoms with Gasteiger partial charge in [-0.3, -0.25) is 9.78 Å². The Balaban J connectivity index is 1.45. The van der Waals surface area contributed by atoms with Gasteiger partial charge in [0, 0.05) is 35.5 Å². The molecule has 1 aliphatic heterocycles. The molecule has 0 spiro atoms. The van der Waals surface area contributed by atoms with Gasteiger partial charge in [0.1, 0.15) is 0 Å². The molecule has 0 aliphatic carbocycles. The lowest BCUT2D eigenvalue weighted by Crippen LogP contribution is -2.36. The largest absolute Gasteiger partial charge is 0.449 e. The van der Waals surface area contributed by atoms with Crippen LogP contribution in [0.4, 0.5) is 11.4 Å². The molecule has 3 aromatic rings. The minimum atomic E-state index is -0.951. The Morgan fingerprint density at radius 3 is 2.52 bits per heavy atom. The average molecular weight is 448 g/mol. The summed E-state index contributed by atoms with van der Waals surface area (Å²) in [6, 6.07) is 15.1. The zero-order valence-electron chi connectivity index (χ0n) is 19.3. The summed E-state index contributed by atoms with van der Waals surface area (Å²) >= 11 is 0. The minimum absolute atomic E-state index is 0.380. The molecule has 0 radical (unpaired) electrons. The molecule has 0 bridgehead atoms. The molecule has 1 aliphatic rings. The number of carbonyl (C=O) groups is 2. The number of hydrogen-bond acceptors (Lipinski definition) is 6. The van der Waals surface area contributed by atoms with Gasteiger partial charge >= 0.3 is 5.97 Å². The van der Waals surface area contributed by atoms with Gasteiger partial charge in [-0.15, -0.1) is 0 Å². The fourth-order valence-corrected chi connectivity index (χ4v) is 4.06. The van der Waals surface area contributed by atoms with Crippen molar-refractivity contribution in [1.29, 1.82) is 0 Å². The van der Waals surface area contributed by atoms with Crippen molar-refractivity contribution in [3.05, 3.63) is 65.4 Å². The van der Waals surface area contributed by atoms with E-state index in [1.165, 1.54) is 0 Å². The van der Waals surface area contributed by atoms with Crippen molar-refractivity contribution < 1.29 is 19.1 Å². The third-order valence-electron chi connectivity index (χ3n) is 5.94. The highest BCUT2D eigenvalue weighted by atomic mass is 16.5. The van der Waals surface area contributed by atoms with Gasteiger partial charge in [0.2, 0.25) is 0 Å². The fourth-order valence-electron chi connectivity index (χ4n) is 4.06. The van der Waals surface area contributed by atoms with Gasteiger partial charge in [-0.25, -0.2) is 4.79 Å². The Hall–Kier alpha value is -3.45. The monoisotopic (exact) mass is 447 g/mol. The zero-order chi connectivity index (χ0) is 23.4. The van der Waals surface area contributed by atoms with E-state index in [9.17, 15) is 9.59 Å². The van der Waals surface area contributed by atoms with Crippen LogP contribution in [0.3, 0.4) is 0 Å². The highest BCUT2D eigenvalue weighted by molar-refractivity contribution is 6.06. The summed E-state index contributed by atoms with van der Waals surface area (Å²) in [7, 11) is 0. The number of benzene rings is 2. The number of nitrogens with one attached hydrogen (secondary N) is 1. The maximum absolute atomic E-state index is 13.1. The standard InChI is InChI=1S/C26H29N3O4/c1-4-22-17(2)24(21-7-5-6-8-23(21)28-22)26(31)33-18(3)25(30)27-19-9-11-20(12-10-19)29-13-15-32-16-14-29/h5-12,18H,4,13-16H2,1-3H3,(H,27,30)/t18-/m1/s1. The van der Waals surface area contributed by atoms with E-state index in [1.54, 1.807) is 6.92 Å². The van der Waals surface area contributed by atoms with Crippen molar-refractivity contribution in [2.24, 2.45) is 0 Å². The van der Waals surface area contributed by atoms with E-state index in [-0.39, 0.29) is 5.91 Å². The van der Waals surface area contributed by atoms with Gasteiger partial charge in [-0.1, -0.05) is 25.1 Å². The highest BCUT2D eigenvalue weighted by Gasteiger charge is 2.24. The highest BCUT2D eigenvalue weighted by Crippen LogP contribution is 2.25. The van der Waals surface area contributed by atoms with Crippen molar-refractivity contribution in [2.75, 3.05) is 36.5 Å². The van der Waals surface area contributed by atoms with Crippen LogP contribution in [0.25, 0.3) is 10.9 Å². The number of hydrogen-bond donors (Lipinski definition) is 1. The normalized spacial score (nSPS) is 14.7. The SMILES string of the molecule is CCc1nc2ccccc2c(C(=O)O[C@H](C)C(=O)Nc2ccc(N3CCOCC3)cc2)c1C. The number of pyridine rings is 1. The predicted octanol–water partition coefficient (Wildman–Crippen LogP) is 4.13. The molecule has 0 saturated carbocycles. The van der Waals surface area contributed by atoms with Crippen LogP contribution in [0.5, 0.6) is 0 Å². The first-order chi connectivity index (χ1) is 16.0. The first kappa shape index (κ1) is 22.7. The summed E-state index contributed by atoms with van der Waals surface area (Å²) in [6.07, 6.45) is -0.249. The predicted molar refractivity (Wildman–Crippen MR) is 129 cm³/mol. The summed E-state index contributed by atoms with van der Waals surface area (Å²) in [5, 5.41) is 3.56. The van der Waals surface area contributed by atoms with Crippen LogP contribution in [0, 0.1) is 6.92 Å². The maximum atomic E-state index is 13.1. The molecule has 0 unspecified atom stereocenters. The number of amides is 1. The number of carbonyl (C=O) groups excluding carboxylic acids is 2. The van der Waals surface area contributed by atoms with Gasteiger partial charge in [-0.05, 0) is 56.2 Å². The number of aromatic nitrogens is 1. The van der Waals surface area contributed by atoms with Gasteiger partial charge in [-0.2, -0.15) is 0 Å².